The molecule has 0 N–H and O–H groups in total. The highest BCUT2D eigenvalue weighted by atomic mass is 16.5. The van der Waals surface area contributed by atoms with Gasteiger partial charge in [-0.3, -0.25) is 0 Å². The topological polar surface area (TPSA) is 21.7 Å². The highest BCUT2D eigenvalue weighted by Gasteiger charge is 2.27. The first-order chi connectivity index (χ1) is 8.31. The normalized spacial score (nSPS) is 26.7. The van der Waals surface area contributed by atoms with Crippen LogP contribution in [0, 0.1) is 5.92 Å². The van der Waals surface area contributed by atoms with E-state index in [1.165, 1.54) is 5.56 Å². The summed E-state index contributed by atoms with van der Waals surface area (Å²) in [5.41, 5.74) is 1.25. The highest BCUT2D eigenvalue weighted by molar-refractivity contribution is 5.18. The maximum atomic E-state index is 6.00. The molecule has 0 aliphatic carbocycles. The van der Waals surface area contributed by atoms with Crippen LogP contribution < -0.4 is 0 Å². The van der Waals surface area contributed by atoms with E-state index < -0.39 is 0 Å². The molecule has 3 heteroatoms. The Morgan fingerprint density at radius 3 is 2.82 bits per heavy atom. The number of hydrogen-bond acceptors (Lipinski definition) is 3. The standard InChI is InChI=1S/C14H21NO2/c1-15-8-9-17-14(13(10-15)11-16-2)12-6-4-3-5-7-12/h3-7,13-14H,8-11H2,1-2H3/t13-,14?/m0/s1. The molecule has 94 valence electrons. The molecule has 2 atom stereocenters. The van der Waals surface area contributed by atoms with E-state index in [1.807, 2.05) is 6.07 Å². The lowest BCUT2D eigenvalue weighted by Crippen LogP contribution is -2.29. The Bertz CT molecular complexity index is 328. The van der Waals surface area contributed by atoms with Crippen LogP contribution in [0.4, 0.5) is 0 Å². The van der Waals surface area contributed by atoms with Crippen LogP contribution in [-0.2, 0) is 9.47 Å². The van der Waals surface area contributed by atoms with Gasteiger partial charge in [-0.05, 0) is 12.6 Å². The Balaban J connectivity index is 2.16. The molecule has 1 heterocycles. The second-order valence-corrected chi connectivity index (χ2v) is 4.68. The van der Waals surface area contributed by atoms with Gasteiger partial charge in [0.2, 0.25) is 0 Å². The van der Waals surface area contributed by atoms with Crippen molar-refractivity contribution in [2.45, 2.75) is 6.10 Å². The monoisotopic (exact) mass is 235 g/mol. The highest BCUT2D eigenvalue weighted by Crippen LogP contribution is 2.28. The van der Waals surface area contributed by atoms with E-state index in [0.717, 1.165) is 26.3 Å². The number of nitrogens with zero attached hydrogens (tertiary/aromatic N) is 1. The second-order valence-electron chi connectivity index (χ2n) is 4.68. The number of rotatable bonds is 3. The zero-order chi connectivity index (χ0) is 12.1. The van der Waals surface area contributed by atoms with Gasteiger partial charge >= 0.3 is 0 Å². The lowest BCUT2D eigenvalue weighted by molar-refractivity contribution is 0.00219. The number of benzene rings is 1. The maximum absolute atomic E-state index is 6.00. The van der Waals surface area contributed by atoms with Crippen LogP contribution in [0.5, 0.6) is 0 Å². The van der Waals surface area contributed by atoms with E-state index in [9.17, 15) is 0 Å². The van der Waals surface area contributed by atoms with E-state index >= 15 is 0 Å². The molecular formula is C14H21NO2. The van der Waals surface area contributed by atoms with Gasteiger partial charge in [0.15, 0.2) is 0 Å². The summed E-state index contributed by atoms with van der Waals surface area (Å²) in [4.78, 5) is 2.31. The van der Waals surface area contributed by atoms with Crippen molar-refractivity contribution < 1.29 is 9.47 Å². The van der Waals surface area contributed by atoms with Crippen molar-refractivity contribution in [1.82, 2.24) is 4.90 Å². The van der Waals surface area contributed by atoms with Gasteiger partial charge in [0, 0.05) is 26.1 Å². The lowest BCUT2D eigenvalue weighted by atomic mass is 9.96. The fourth-order valence-electron chi connectivity index (χ4n) is 2.42. The first-order valence-corrected chi connectivity index (χ1v) is 6.15. The molecule has 0 aromatic heterocycles. The van der Waals surface area contributed by atoms with Crippen molar-refractivity contribution in [2.75, 3.05) is 40.5 Å². The SMILES string of the molecule is COC[C@@H]1CN(C)CCOC1c1ccccc1. The predicted octanol–water partition coefficient (Wildman–Crippen LogP) is 1.95. The van der Waals surface area contributed by atoms with Gasteiger partial charge in [-0.25, -0.2) is 0 Å². The van der Waals surface area contributed by atoms with E-state index in [4.69, 9.17) is 9.47 Å². The van der Waals surface area contributed by atoms with Gasteiger partial charge in [0.25, 0.3) is 0 Å². The van der Waals surface area contributed by atoms with Gasteiger partial charge < -0.3 is 14.4 Å². The molecule has 1 aromatic rings. The Kier molecular flexibility index (Phi) is 4.54. The average molecular weight is 235 g/mol. The van der Waals surface area contributed by atoms with Crippen LogP contribution >= 0.6 is 0 Å². The summed E-state index contributed by atoms with van der Waals surface area (Å²) in [5, 5.41) is 0. The fraction of sp³-hybridized carbons (Fsp3) is 0.571. The van der Waals surface area contributed by atoms with Gasteiger partial charge in [-0.1, -0.05) is 30.3 Å². The molecule has 0 amide bonds. The quantitative estimate of drug-likeness (QED) is 0.799. The molecule has 2 rings (SSSR count). The molecular weight excluding hydrogens is 214 g/mol. The number of likely N-dealkylation sites (N-methyl/N-ethyl adjacent to an activating group) is 1. The molecule has 1 saturated heterocycles. The molecule has 1 fully saturated rings. The molecule has 0 radical (unpaired) electrons. The third-order valence-corrected chi connectivity index (χ3v) is 3.25. The third kappa shape index (κ3) is 3.28. The molecule has 1 aliphatic heterocycles. The first kappa shape index (κ1) is 12.6. The smallest absolute Gasteiger partial charge is 0.0888 e. The molecule has 1 aromatic carbocycles. The third-order valence-electron chi connectivity index (χ3n) is 3.25. The second kappa shape index (κ2) is 6.15. The largest absolute Gasteiger partial charge is 0.384 e. The van der Waals surface area contributed by atoms with Gasteiger partial charge in [0.05, 0.1) is 19.3 Å². The fourth-order valence-corrected chi connectivity index (χ4v) is 2.42. The van der Waals surface area contributed by atoms with Crippen molar-refractivity contribution >= 4 is 0 Å². The Hall–Kier alpha value is -0.900. The zero-order valence-corrected chi connectivity index (χ0v) is 10.6. The van der Waals surface area contributed by atoms with Crippen LogP contribution in [0.25, 0.3) is 0 Å². The summed E-state index contributed by atoms with van der Waals surface area (Å²) in [6.45, 7) is 3.54. The minimum Gasteiger partial charge on any atom is -0.384 e. The van der Waals surface area contributed by atoms with Crippen LogP contribution in [-0.4, -0.2) is 45.4 Å². The van der Waals surface area contributed by atoms with Gasteiger partial charge in [0.1, 0.15) is 0 Å². The van der Waals surface area contributed by atoms with Crippen molar-refractivity contribution in [3.63, 3.8) is 0 Å². The summed E-state index contributed by atoms with van der Waals surface area (Å²) in [6.07, 6.45) is 0.154. The van der Waals surface area contributed by atoms with Crippen molar-refractivity contribution in [1.29, 1.82) is 0 Å². The number of methoxy groups -OCH3 is 1. The van der Waals surface area contributed by atoms with E-state index in [0.29, 0.717) is 5.92 Å². The van der Waals surface area contributed by atoms with E-state index in [1.54, 1.807) is 7.11 Å². The Morgan fingerprint density at radius 2 is 2.12 bits per heavy atom. The van der Waals surface area contributed by atoms with Crippen LogP contribution in [0.15, 0.2) is 30.3 Å². The van der Waals surface area contributed by atoms with Crippen LogP contribution in [0.1, 0.15) is 11.7 Å². The van der Waals surface area contributed by atoms with Crippen LogP contribution in [0.3, 0.4) is 0 Å². The predicted molar refractivity (Wildman–Crippen MR) is 68.0 cm³/mol. The van der Waals surface area contributed by atoms with E-state index in [2.05, 4.69) is 36.2 Å². The summed E-state index contributed by atoms with van der Waals surface area (Å²) in [5.74, 6) is 0.398. The van der Waals surface area contributed by atoms with Crippen molar-refractivity contribution in [3.8, 4) is 0 Å². The summed E-state index contributed by atoms with van der Waals surface area (Å²) in [6, 6.07) is 10.4. The van der Waals surface area contributed by atoms with Crippen LogP contribution in [0.2, 0.25) is 0 Å². The van der Waals surface area contributed by atoms with Crippen molar-refractivity contribution in [2.24, 2.45) is 5.92 Å². The maximum Gasteiger partial charge on any atom is 0.0888 e. The zero-order valence-electron chi connectivity index (χ0n) is 10.6. The Labute approximate surface area is 103 Å². The molecule has 3 nitrogen and oxygen atoms in total. The molecule has 1 aliphatic rings. The molecule has 0 bridgehead atoms. The molecule has 1 unspecified atom stereocenters. The minimum atomic E-state index is 0.154. The summed E-state index contributed by atoms with van der Waals surface area (Å²) in [7, 11) is 3.90. The van der Waals surface area contributed by atoms with E-state index in [-0.39, 0.29) is 6.10 Å². The van der Waals surface area contributed by atoms with Gasteiger partial charge in [-0.15, -0.1) is 0 Å². The average Bonchev–Trinajstić information content (AvgIpc) is 2.52. The molecule has 0 saturated carbocycles. The van der Waals surface area contributed by atoms with Gasteiger partial charge in [-0.2, -0.15) is 0 Å². The summed E-state index contributed by atoms with van der Waals surface area (Å²) >= 11 is 0. The first-order valence-electron chi connectivity index (χ1n) is 6.15. The number of hydrogen-bond donors (Lipinski definition) is 0. The molecule has 0 spiro atoms. The summed E-state index contributed by atoms with van der Waals surface area (Å²) < 4.78 is 11.3. The number of ether oxygens (including phenoxy) is 2. The van der Waals surface area contributed by atoms with Crippen molar-refractivity contribution in [3.05, 3.63) is 35.9 Å². The lowest BCUT2D eigenvalue weighted by Gasteiger charge is -2.25. The Morgan fingerprint density at radius 1 is 1.35 bits per heavy atom. The minimum absolute atomic E-state index is 0.154. The molecule has 17 heavy (non-hydrogen) atoms.